The lowest BCUT2D eigenvalue weighted by atomic mass is 10.1. The fourth-order valence-corrected chi connectivity index (χ4v) is 5.01. The molecule has 2 atom stereocenters. The van der Waals surface area contributed by atoms with Gasteiger partial charge in [-0.3, -0.25) is 4.68 Å². The molecule has 3 heterocycles. The van der Waals surface area contributed by atoms with Gasteiger partial charge in [-0.1, -0.05) is 18.2 Å². The van der Waals surface area contributed by atoms with E-state index in [2.05, 4.69) is 27.9 Å². The molecule has 3 N–H and O–H groups in total. The number of carbonyl (C=O) groups is 1. The average Bonchev–Trinajstić information content (AvgIpc) is 3.23. The van der Waals surface area contributed by atoms with Crippen molar-refractivity contribution in [3.8, 4) is 0 Å². The molecule has 3 aromatic rings. The first-order chi connectivity index (χ1) is 18.4. The van der Waals surface area contributed by atoms with E-state index in [9.17, 15) is 14.3 Å². The van der Waals surface area contributed by atoms with E-state index in [0.29, 0.717) is 25.3 Å². The minimum absolute atomic E-state index is 0.0169. The topological polar surface area (TPSA) is 105 Å². The molecule has 0 amide bonds. The van der Waals surface area contributed by atoms with Crippen LogP contribution in [0.5, 0.6) is 0 Å². The maximum absolute atomic E-state index is 14.5. The molecule has 0 spiro atoms. The van der Waals surface area contributed by atoms with Crippen LogP contribution in [-0.2, 0) is 29.4 Å². The Morgan fingerprint density at radius 2 is 2.11 bits per heavy atom. The number of anilines is 2. The summed E-state index contributed by atoms with van der Waals surface area (Å²) in [5, 5.41) is 21.7. The number of aryl methyl sites for hydroxylation is 3. The van der Waals surface area contributed by atoms with Crippen LogP contribution in [0.1, 0.15) is 36.9 Å². The van der Waals surface area contributed by atoms with Gasteiger partial charge >= 0.3 is 5.97 Å². The van der Waals surface area contributed by atoms with E-state index in [1.165, 1.54) is 12.7 Å². The number of nitrogens with zero attached hydrogens (tertiary/aromatic N) is 4. The largest absolute Gasteiger partial charge is 0.480 e. The number of hydrogen-bond donors (Lipinski definition) is 3. The molecular formula is C28H39FN6O3. The monoisotopic (exact) mass is 526 g/mol. The van der Waals surface area contributed by atoms with Gasteiger partial charge in [-0.05, 0) is 68.8 Å². The van der Waals surface area contributed by atoms with Gasteiger partial charge in [0, 0.05) is 44.9 Å². The number of aromatic nitrogens is 3. The Hall–Kier alpha value is -3.24. The summed E-state index contributed by atoms with van der Waals surface area (Å²) in [6.45, 7) is 2.30. The number of carboxylic acids is 1. The summed E-state index contributed by atoms with van der Waals surface area (Å²) >= 11 is 0. The number of benzene rings is 1. The summed E-state index contributed by atoms with van der Waals surface area (Å²) in [7, 11) is 3.32. The zero-order chi connectivity index (χ0) is 26.9. The molecule has 1 aromatic carbocycles. The third-order valence-corrected chi connectivity index (χ3v) is 7.01. The van der Waals surface area contributed by atoms with Crippen molar-refractivity contribution in [3.05, 3.63) is 47.7 Å². The van der Waals surface area contributed by atoms with Gasteiger partial charge in [0.1, 0.15) is 18.0 Å². The Kier molecular flexibility index (Phi) is 9.89. The van der Waals surface area contributed by atoms with Crippen LogP contribution >= 0.6 is 0 Å². The van der Waals surface area contributed by atoms with Gasteiger partial charge in [-0.15, -0.1) is 0 Å². The number of fused-ring (bicyclic) bond motifs is 2. The number of methoxy groups -OCH3 is 1. The van der Waals surface area contributed by atoms with Gasteiger partial charge in [-0.25, -0.2) is 14.2 Å². The Morgan fingerprint density at radius 3 is 2.92 bits per heavy atom. The number of unbranched alkanes of at least 4 members (excludes halogenated alkanes) is 1. The second-order valence-corrected chi connectivity index (χ2v) is 9.96. The molecule has 4 rings (SSSR count). The Morgan fingerprint density at radius 1 is 1.26 bits per heavy atom. The lowest BCUT2D eigenvalue weighted by Gasteiger charge is -2.25. The number of pyridine rings is 1. The van der Waals surface area contributed by atoms with Crippen molar-refractivity contribution >= 4 is 28.5 Å². The average molecular weight is 527 g/mol. The maximum Gasteiger partial charge on any atom is 0.326 e. The van der Waals surface area contributed by atoms with E-state index < -0.39 is 18.2 Å². The van der Waals surface area contributed by atoms with Crippen molar-refractivity contribution < 1.29 is 19.0 Å². The van der Waals surface area contributed by atoms with E-state index >= 15 is 0 Å². The molecule has 9 nitrogen and oxygen atoms in total. The van der Waals surface area contributed by atoms with E-state index in [-0.39, 0.29) is 13.2 Å². The summed E-state index contributed by atoms with van der Waals surface area (Å²) < 4.78 is 21.2. The zero-order valence-electron chi connectivity index (χ0n) is 22.3. The van der Waals surface area contributed by atoms with Crippen molar-refractivity contribution in [1.82, 2.24) is 19.7 Å². The van der Waals surface area contributed by atoms with Gasteiger partial charge < -0.3 is 25.4 Å². The molecule has 10 heteroatoms. The minimum atomic E-state index is -1.13. The van der Waals surface area contributed by atoms with Crippen LogP contribution < -0.4 is 10.6 Å². The van der Waals surface area contributed by atoms with Crippen molar-refractivity contribution in [2.45, 2.75) is 50.7 Å². The first kappa shape index (κ1) is 27.8. The highest BCUT2D eigenvalue weighted by molar-refractivity contribution is 5.91. The van der Waals surface area contributed by atoms with Crippen molar-refractivity contribution in [1.29, 1.82) is 0 Å². The summed E-state index contributed by atoms with van der Waals surface area (Å²) in [6, 6.07) is 11.1. The molecule has 0 fully saturated rings. The number of halogens is 1. The molecule has 1 aliphatic rings. The van der Waals surface area contributed by atoms with Crippen LogP contribution in [0.25, 0.3) is 10.9 Å². The SMILES string of the molecule is COC[C@@H](F)CN(CCCCc1ccc2c(n1)NCCC2)CCC(Nc1nn(C)c2ccccc12)C(=O)O. The number of rotatable bonds is 15. The van der Waals surface area contributed by atoms with Gasteiger partial charge in [0.05, 0.1) is 12.1 Å². The molecule has 1 aliphatic heterocycles. The minimum Gasteiger partial charge on any atom is -0.480 e. The number of aliphatic carboxylic acids is 1. The first-order valence-electron chi connectivity index (χ1n) is 13.4. The number of hydrogen-bond acceptors (Lipinski definition) is 7. The van der Waals surface area contributed by atoms with Crippen molar-refractivity contribution in [3.63, 3.8) is 0 Å². The molecule has 206 valence electrons. The van der Waals surface area contributed by atoms with E-state index in [1.54, 1.807) is 4.68 Å². The predicted molar refractivity (Wildman–Crippen MR) is 148 cm³/mol. The first-order valence-corrected chi connectivity index (χ1v) is 13.4. The molecule has 1 unspecified atom stereocenters. The molecule has 0 radical (unpaired) electrons. The third kappa shape index (κ3) is 7.41. The Bertz CT molecular complexity index is 1200. The second kappa shape index (κ2) is 13.5. The van der Waals surface area contributed by atoms with Gasteiger partial charge in [0.25, 0.3) is 0 Å². The van der Waals surface area contributed by atoms with Crippen molar-refractivity contribution in [2.75, 3.05) is 50.5 Å². The maximum atomic E-state index is 14.5. The van der Waals surface area contributed by atoms with E-state index in [0.717, 1.165) is 61.1 Å². The predicted octanol–water partition coefficient (Wildman–Crippen LogP) is 3.89. The van der Waals surface area contributed by atoms with Gasteiger partial charge in [-0.2, -0.15) is 5.10 Å². The number of alkyl halides is 1. The number of carboxylic acid groups (broad SMARTS) is 1. The number of ether oxygens (including phenoxy) is 1. The van der Waals surface area contributed by atoms with Gasteiger partial charge in [0.15, 0.2) is 5.82 Å². The summed E-state index contributed by atoms with van der Waals surface area (Å²) in [4.78, 5) is 18.8. The molecule has 2 aromatic heterocycles. The number of para-hydroxylation sites is 1. The highest BCUT2D eigenvalue weighted by atomic mass is 19.1. The van der Waals surface area contributed by atoms with Crippen LogP contribution in [-0.4, -0.2) is 82.8 Å². The highest BCUT2D eigenvalue weighted by Gasteiger charge is 2.22. The van der Waals surface area contributed by atoms with Crippen LogP contribution in [0.2, 0.25) is 0 Å². The third-order valence-electron chi connectivity index (χ3n) is 7.01. The normalized spacial score (nSPS) is 14.7. The Labute approximate surface area is 223 Å². The molecule has 38 heavy (non-hydrogen) atoms. The van der Waals surface area contributed by atoms with Crippen LogP contribution in [0.15, 0.2) is 36.4 Å². The fourth-order valence-electron chi connectivity index (χ4n) is 5.01. The quantitative estimate of drug-likeness (QED) is 0.256. The summed E-state index contributed by atoms with van der Waals surface area (Å²) in [6.07, 6.45) is 4.03. The van der Waals surface area contributed by atoms with Crippen LogP contribution in [0.4, 0.5) is 16.0 Å². The Balaban J connectivity index is 1.33. The van der Waals surface area contributed by atoms with E-state index in [4.69, 9.17) is 9.72 Å². The molecular weight excluding hydrogens is 487 g/mol. The molecule has 0 aliphatic carbocycles. The molecule has 0 saturated carbocycles. The second-order valence-electron chi connectivity index (χ2n) is 9.96. The van der Waals surface area contributed by atoms with Crippen LogP contribution in [0.3, 0.4) is 0 Å². The smallest absolute Gasteiger partial charge is 0.326 e. The van der Waals surface area contributed by atoms with E-state index in [1.807, 2.05) is 36.2 Å². The molecule has 0 bridgehead atoms. The number of nitrogens with one attached hydrogen (secondary N) is 2. The highest BCUT2D eigenvalue weighted by Crippen LogP contribution is 2.23. The van der Waals surface area contributed by atoms with Crippen LogP contribution in [0, 0.1) is 0 Å². The fraction of sp³-hybridized carbons (Fsp3) is 0.536. The van der Waals surface area contributed by atoms with Gasteiger partial charge in [0.2, 0.25) is 0 Å². The zero-order valence-corrected chi connectivity index (χ0v) is 22.3. The summed E-state index contributed by atoms with van der Waals surface area (Å²) in [5.74, 6) is 0.584. The standard InChI is InChI=1S/C28H39FN6O3/c1-34-25-11-4-3-10-23(25)27(33-34)32-24(28(36)37)14-17-35(18-21(29)19-38-2)16-6-5-9-22-13-12-20-8-7-15-30-26(20)31-22/h3-4,10-13,21,24H,5-9,14-19H2,1-2H3,(H,30,31)(H,32,33)(H,36,37)/t21-,24?/m0/s1. The lowest BCUT2D eigenvalue weighted by molar-refractivity contribution is -0.138. The molecule has 0 saturated heterocycles. The lowest BCUT2D eigenvalue weighted by Crippen LogP contribution is -2.38. The summed E-state index contributed by atoms with van der Waals surface area (Å²) in [5.41, 5.74) is 3.26. The van der Waals surface area contributed by atoms with Crippen molar-refractivity contribution in [2.24, 2.45) is 7.05 Å².